The second kappa shape index (κ2) is 7.84. The molecule has 0 aromatic heterocycles. The average molecular weight is 283 g/mol. The molecule has 2 aromatic rings. The van der Waals surface area contributed by atoms with Crippen molar-refractivity contribution in [3.05, 3.63) is 65.2 Å². The van der Waals surface area contributed by atoms with E-state index in [0.29, 0.717) is 6.04 Å². The lowest BCUT2D eigenvalue weighted by molar-refractivity contribution is 0.414. The van der Waals surface area contributed by atoms with Gasteiger partial charge in [-0.15, -0.1) is 0 Å². The third-order valence-electron chi connectivity index (χ3n) is 3.84. The summed E-state index contributed by atoms with van der Waals surface area (Å²) in [4.78, 5) is 0. The van der Waals surface area contributed by atoms with Crippen LogP contribution in [-0.2, 0) is 19.4 Å². The summed E-state index contributed by atoms with van der Waals surface area (Å²) in [7, 11) is 1.70. The van der Waals surface area contributed by atoms with Crippen LogP contribution >= 0.6 is 0 Å². The molecule has 0 aliphatic carbocycles. The molecule has 21 heavy (non-hydrogen) atoms. The standard InChI is InChI=1S/C19H25NO/c1-4-17-7-5-6-8-18(17)14-20-15(2)13-16-9-11-19(21-3)12-10-16/h5-12,15,20H,4,13-14H2,1-3H3. The van der Waals surface area contributed by atoms with E-state index < -0.39 is 0 Å². The highest BCUT2D eigenvalue weighted by molar-refractivity contribution is 5.28. The van der Waals surface area contributed by atoms with Crippen molar-refractivity contribution in [2.45, 2.75) is 39.3 Å². The molecule has 0 spiro atoms. The summed E-state index contributed by atoms with van der Waals surface area (Å²) >= 11 is 0. The van der Waals surface area contributed by atoms with Gasteiger partial charge in [0.1, 0.15) is 5.75 Å². The molecule has 0 aliphatic rings. The molecule has 0 aliphatic heterocycles. The number of methoxy groups -OCH3 is 1. The third-order valence-corrected chi connectivity index (χ3v) is 3.84. The number of ether oxygens (including phenoxy) is 1. The molecule has 0 amide bonds. The fraction of sp³-hybridized carbons (Fsp3) is 0.368. The van der Waals surface area contributed by atoms with Gasteiger partial charge < -0.3 is 10.1 Å². The fourth-order valence-corrected chi connectivity index (χ4v) is 2.55. The summed E-state index contributed by atoms with van der Waals surface area (Å²) < 4.78 is 5.19. The molecule has 2 nitrogen and oxygen atoms in total. The van der Waals surface area contributed by atoms with E-state index in [1.165, 1.54) is 16.7 Å². The number of hydrogen-bond donors (Lipinski definition) is 1. The van der Waals surface area contributed by atoms with E-state index in [4.69, 9.17) is 4.74 Å². The molecule has 1 unspecified atom stereocenters. The molecule has 0 fully saturated rings. The van der Waals surface area contributed by atoms with Crippen LogP contribution in [0.5, 0.6) is 5.75 Å². The first-order valence-electron chi connectivity index (χ1n) is 7.66. The second-order valence-electron chi connectivity index (χ2n) is 5.46. The van der Waals surface area contributed by atoms with Gasteiger partial charge in [-0.25, -0.2) is 0 Å². The maximum atomic E-state index is 5.19. The first-order chi connectivity index (χ1) is 10.2. The lowest BCUT2D eigenvalue weighted by Gasteiger charge is -2.16. The monoisotopic (exact) mass is 283 g/mol. The molecule has 112 valence electrons. The average Bonchev–Trinajstić information content (AvgIpc) is 2.54. The van der Waals surface area contributed by atoms with E-state index in [-0.39, 0.29) is 0 Å². The zero-order valence-corrected chi connectivity index (χ0v) is 13.2. The first kappa shape index (κ1) is 15.6. The number of hydrogen-bond acceptors (Lipinski definition) is 2. The molecule has 0 radical (unpaired) electrons. The van der Waals surface area contributed by atoms with Crippen LogP contribution in [0, 0.1) is 0 Å². The minimum Gasteiger partial charge on any atom is -0.497 e. The predicted molar refractivity (Wildman–Crippen MR) is 88.8 cm³/mol. The number of rotatable bonds is 7. The van der Waals surface area contributed by atoms with Crippen molar-refractivity contribution in [2.75, 3.05) is 7.11 Å². The highest BCUT2D eigenvalue weighted by atomic mass is 16.5. The van der Waals surface area contributed by atoms with Crippen molar-refractivity contribution in [2.24, 2.45) is 0 Å². The van der Waals surface area contributed by atoms with Gasteiger partial charge in [0.15, 0.2) is 0 Å². The molecule has 2 aromatic carbocycles. The van der Waals surface area contributed by atoms with Crippen LogP contribution in [0.1, 0.15) is 30.5 Å². The molecule has 2 heteroatoms. The Balaban J connectivity index is 1.87. The van der Waals surface area contributed by atoms with Gasteiger partial charge >= 0.3 is 0 Å². The van der Waals surface area contributed by atoms with Crippen molar-refractivity contribution in [1.29, 1.82) is 0 Å². The van der Waals surface area contributed by atoms with E-state index >= 15 is 0 Å². The predicted octanol–water partition coefficient (Wildman–Crippen LogP) is 3.98. The van der Waals surface area contributed by atoms with Crippen molar-refractivity contribution in [1.82, 2.24) is 5.32 Å². The Hall–Kier alpha value is -1.80. The third kappa shape index (κ3) is 4.61. The topological polar surface area (TPSA) is 21.3 Å². The van der Waals surface area contributed by atoms with Gasteiger partial charge in [0, 0.05) is 12.6 Å². The number of benzene rings is 2. The highest BCUT2D eigenvalue weighted by Crippen LogP contribution is 2.13. The van der Waals surface area contributed by atoms with Crippen LogP contribution in [0.2, 0.25) is 0 Å². The molecule has 1 atom stereocenters. The Morgan fingerprint density at radius 2 is 1.67 bits per heavy atom. The molecule has 0 bridgehead atoms. The summed E-state index contributed by atoms with van der Waals surface area (Å²) in [6, 6.07) is 17.4. The molecular weight excluding hydrogens is 258 g/mol. The Morgan fingerprint density at radius 3 is 2.29 bits per heavy atom. The van der Waals surface area contributed by atoms with Crippen molar-refractivity contribution >= 4 is 0 Å². The van der Waals surface area contributed by atoms with Crippen LogP contribution in [0.15, 0.2) is 48.5 Å². The molecule has 2 rings (SSSR count). The summed E-state index contributed by atoms with van der Waals surface area (Å²) in [5, 5.41) is 3.62. The molecule has 0 saturated heterocycles. The zero-order chi connectivity index (χ0) is 15.1. The van der Waals surface area contributed by atoms with Gasteiger partial charge in [-0.2, -0.15) is 0 Å². The quantitative estimate of drug-likeness (QED) is 0.830. The number of nitrogens with one attached hydrogen (secondary N) is 1. The largest absolute Gasteiger partial charge is 0.497 e. The summed E-state index contributed by atoms with van der Waals surface area (Å²) in [6.45, 7) is 5.37. The molecule has 0 heterocycles. The Morgan fingerprint density at radius 1 is 1.00 bits per heavy atom. The van der Waals surface area contributed by atoms with Gasteiger partial charge in [-0.1, -0.05) is 43.3 Å². The van der Waals surface area contributed by atoms with E-state index in [9.17, 15) is 0 Å². The lowest BCUT2D eigenvalue weighted by atomic mass is 10.0. The van der Waals surface area contributed by atoms with Crippen LogP contribution in [0.3, 0.4) is 0 Å². The number of aryl methyl sites for hydroxylation is 1. The normalized spacial score (nSPS) is 12.1. The molecular formula is C19H25NO. The van der Waals surface area contributed by atoms with Crippen LogP contribution in [0.4, 0.5) is 0 Å². The molecule has 1 N–H and O–H groups in total. The zero-order valence-electron chi connectivity index (χ0n) is 13.2. The van der Waals surface area contributed by atoms with E-state index in [0.717, 1.165) is 25.1 Å². The smallest absolute Gasteiger partial charge is 0.118 e. The SMILES string of the molecule is CCc1ccccc1CNC(C)Cc1ccc(OC)cc1. The van der Waals surface area contributed by atoms with Crippen LogP contribution in [-0.4, -0.2) is 13.2 Å². The Kier molecular flexibility index (Phi) is 5.82. The summed E-state index contributed by atoms with van der Waals surface area (Å²) in [5.41, 5.74) is 4.17. The lowest BCUT2D eigenvalue weighted by Crippen LogP contribution is -2.27. The van der Waals surface area contributed by atoms with Gasteiger partial charge in [0.05, 0.1) is 7.11 Å². The summed E-state index contributed by atoms with van der Waals surface area (Å²) in [6.07, 6.45) is 2.11. The summed E-state index contributed by atoms with van der Waals surface area (Å²) in [5.74, 6) is 0.913. The van der Waals surface area contributed by atoms with Gasteiger partial charge in [-0.3, -0.25) is 0 Å². The van der Waals surface area contributed by atoms with Crippen molar-refractivity contribution in [3.63, 3.8) is 0 Å². The maximum absolute atomic E-state index is 5.19. The second-order valence-corrected chi connectivity index (χ2v) is 5.46. The fourth-order valence-electron chi connectivity index (χ4n) is 2.55. The van der Waals surface area contributed by atoms with E-state index in [2.05, 4.69) is 55.6 Å². The Bertz CT molecular complexity index is 548. The minimum absolute atomic E-state index is 0.448. The van der Waals surface area contributed by atoms with Gasteiger partial charge in [0.2, 0.25) is 0 Å². The highest BCUT2D eigenvalue weighted by Gasteiger charge is 2.05. The van der Waals surface area contributed by atoms with Crippen molar-refractivity contribution in [3.8, 4) is 5.75 Å². The maximum Gasteiger partial charge on any atom is 0.118 e. The first-order valence-corrected chi connectivity index (χ1v) is 7.66. The van der Waals surface area contributed by atoms with E-state index in [1.807, 2.05) is 12.1 Å². The van der Waals surface area contributed by atoms with E-state index in [1.54, 1.807) is 7.11 Å². The van der Waals surface area contributed by atoms with Crippen LogP contribution in [0.25, 0.3) is 0 Å². The van der Waals surface area contributed by atoms with Crippen molar-refractivity contribution < 1.29 is 4.74 Å². The van der Waals surface area contributed by atoms with Gasteiger partial charge in [0.25, 0.3) is 0 Å². The van der Waals surface area contributed by atoms with Crippen LogP contribution < -0.4 is 10.1 Å². The molecule has 0 saturated carbocycles. The van der Waals surface area contributed by atoms with Gasteiger partial charge in [-0.05, 0) is 48.6 Å². The minimum atomic E-state index is 0.448. The Labute approximate surface area is 128 Å².